The van der Waals surface area contributed by atoms with Crippen molar-refractivity contribution in [3.05, 3.63) is 84.1 Å². The molecule has 0 spiro atoms. The molecule has 2 aromatic rings. The highest BCUT2D eigenvalue weighted by Crippen LogP contribution is 2.39. The van der Waals surface area contributed by atoms with Gasteiger partial charge < -0.3 is 57.4 Å². The maximum Gasteiger partial charge on any atom is 0.407 e. The Morgan fingerprint density at radius 1 is 0.839 bits per heavy atom. The Morgan fingerprint density at radius 3 is 2.03 bits per heavy atom. The molecule has 340 valence electrons. The van der Waals surface area contributed by atoms with E-state index in [2.05, 4.69) is 5.32 Å². The average Bonchev–Trinajstić information content (AvgIpc) is 3.21. The zero-order valence-electron chi connectivity index (χ0n) is 34.4. The highest BCUT2D eigenvalue weighted by Gasteiger charge is 2.61. The number of rotatable bonds is 19. The predicted molar refractivity (Wildman–Crippen MR) is 216 cm³/mol. The number of halogens is 3. The Hall–Kier alpha value is -4.69. The molecule has 2 heterocycles. The molecule has 1 saturated heterocycles. The third kappa shape index (κ3) is 15.6. The number of nitrogens with one attached hydrogen (secondary N) is 1. The van der Waals surface area contributed by atoms with Gasteiger partial charge in [-0.3, -0.25) is 19.2 Å². The van der Waals surface area contributed by atoms with E-state index < -0.39 is 114 Å². The molecule has 0 aliphatic carbocycles. The van der Waals surface area contributed by atoms with Gasteiger partial charge in [-0.1, -0.05) is 95.5 Å². The Kier molecular flexibility index (Phi) is 19.1. The summed E-state index contributed by atoms with van der Waals surface area (Å²) in [5.41, 5.74) is 1.67. The van der Waals surface area contributed by atoms with Crippen molar-refractivity contribution in [3.63, 3.8) is 0 Å². The maximum atomic E-state index is 14.2. The van der Waals surface area contributed by atoms with Gasteiger partial charge in [-0.25, -0.2) is 9.59 Å². The van der Waals surface area contributed by atoms with Crippen LogP contribution in [0.4, 0.5) is 4.79 Å². The lowest BCUT2D eigenvalue weighted by Crippen LogP contribution is -2.70. The minimum atomic E-state index is -2.62. The van der Waals surface area contributed by atoms with E-state index in [4.69, 9.17) is 86.9 Å². The summed E-state index contributed by atoms with van der Waals surface area (Å²) in [5.74, 6) is -7.47. The number of alkyl halides is 3. The van der Waals surface area contributed by atoms with Crippen LogP contribution in [0.5, 0.6) is 0 Å². The average molecular weight is 933 g/mol. The van der Waals surface area contributed by atoms with Gasteiger partial charge in [0.1, 0.15) is 43.7 Å². The number of methoxy groups -OCH3 is 1. The van der Waals surface area contributed by atoms with Gasteiger partial charge in [0.2, 0.25) is 3.79 Å². The van der Waals surface area contributed by atoms with Gasteiger partial charge in [0, 0.05) is 27.7 Å². The van der Waals surface area contributed by atoms with Crippen molar-refractivity contribution in [2.75, 3.05) is 26.9 Å². The zero-order valence-corrected chi connectivity index (χ0v) is 36.6. The first kappa shape index (κ1) is 50.0. The van der Waals surface area contributed by atoms with Crippen LogP contribution in [0.3, 0.4) is 0 Å². The number of carbonyl (C=O) groups is 6. The maximum absolute atomic E-state index is 14.2. The van der Waals surface area contributed by atoms with E-state index in [0.717, 1.165) is 45.9 Å². The molecule has 2 aliphatic heterocycles. The summed E-state index contributed by atoms with van der Waals surface area (Å²) in [5, 5.41) is 2.45. The summed E-state index contributed by atoms with van der Waals surface area (Å²) in [6.07, 6.45) is -9.39. The molecule has 18 nitrogen and oxygen atoms in total. The monoisotopic (exact) mass is 931 g/mol. The standard InChI is InChI=1S/C41H48Cl3NO17/c1-24(46)55-22-33(59-26(3)48)36(60-27(4)49)37-34(45-39(51)57-23-41(42,43)44)31(58-25(2)47)18-40(62-37,38(50)52-5)61-30-16-17-54-32(21-53-19-28-12-8-6-9-13-28)35(30)56-20-29-14-10-7-11-15-29/h6-17,30-37H,18-23H2,1-5H3,(H,45,51)/t30-,31+,32-,33-,34-,35-,36-,37-,40-/m1/s1. The van der Waals surface area contributed by atoms with E-state index in [1.165, 1.54) is 12.3 Å². The summed E-state index contributed by atoms with van der Waals surface area (Å²) < 4.78 is 61.8. The molecule has 21 heteroatoms. The normalized spacial score (nSPS) is 24.3. The molecule has 0 unspecified atom stereocenters. The van der Waals surface area contributed by atoms with Gasteiger partial charge in [-0.05, 0) is 17.2 Å². The number of benzene rings is 2. The molecule has 0 saturated carbocycles. The summed E-state index contributed by atoms with van der Waals surface area (Å²) in [6.45, 7) is 2.87. The Labute approximate surface area is 372 Å². The number of ether oxygens (including phenoxy) is 11. The van der Waals surface area contributed by atoms with Gasteiger partial charge in [0.05, 0.1) is 45.7 Å². The molecule has 62 heavy (non-hydrogen) atoms. The van der Waals surface area contributed by atoms with Crippen LogP contribution in [0, 0.1) is 0 Å². The number of esters is 5. The van der Waals surface area contributed by atoms with Gasteiger partial charge in [-0.15, -0.1) is 0 Å². The largest absolute Gasteiger partial charge is 0.493 e. The first-order valence-corrected chi connectivity index (χ1v) is 20.2. The molecule has 1 amide bonds. The SMILES string of the molecule is COC(=O)[C@@]1(O[C@@H]2C=CO[C@H](COCc3ccccc3)[C@@H]2OCc2ccccc2)C[C@H](OC(C)=O)[C@@H](NC(=O)OCC(Cl)(Cl)Cl)[C@H]([C@H](OC(C)=O)[C@@H](COC(C)=O)OC(C)=O)O1. The second kappa shape index (κ2) is 23.7. The highest BCUT2D eigenvalue weighted by molar-refractivity contribution is 6.67. The lowest BCUT2D eigenvalue weighted by molar-refractivity contribution is -0.331. The Bertz CT molecular complexity index is 1850. The summed E-state index contributed by atoms with van der Waals surface area (Å²) >= 11 is 17.4. The topological polar surface area (TPSA) is 216 Å². The zero-order chi connectivity index (χ0) is 45.5. The van der Waals surface area contributed by atoms with Crippen molar-refractivity contribution in [3.8, 4) is 0 Å². The molecule has 4 rings (SSSR count). The second-order valence-electron chi connectivity index (χ2n) is 13.9. The summed E-state index contributed by atoms with van der Waals surface area (Å²) in [6, 6.07) is 16.9. The second-order valence-corrected chi connectivity index (χ2v) is 16.4. The summed E-state index contributed by atoms with van der Waals surface area (Å²) in [4.78, 5) is 77.6. The van der Waals surface area contributed by atoms with Crippen molar-refractivity contribution in [2.45, 2.75) is 106 Å². The molecule has 1 N–H and O–H groups in total. The Balaban J connectivity index is 1.83. The highest BCUT2D eigenvalue weighted by atomic mass is 35.6. The summed E-state index contributed by atoms with van der Waals surface area (Å²) in [7, 11) is 1.03. The van der Waals surface area contributed by atoms with Crippen LogP contribution in [-0.4, -0.2) is 121 Å². The van der Waals surface area contributed by atoms with Crippen molar-refractivity contribution >= 4 is 70.7 Å². The van der Waals surface area contributed by atoms with Crippen LogP contribution in [0.25, 0.3) is 0 Å². The minimum Gasteiger partial charge on any atom is -0.493 e. The molecule has 2 aromatic carbocycles. The van der Waals surface area contributed by atoms with Crippen LogP contribution in [0.1, 0.15) is 45.2 Å². The molecule has 0 bridgehead atoms. The van der Waals surface area contributed by atoms with Gasteiger partial charge in [0.25, 0.3) is 5.79 Å². The van der Waals surface area contributed by atoms with E-state index in [0.29, 0.717) is 0 Å². The van der Waals surface area contributed by atoms with Crippen molar-refractivity contribution in [1.82, 2.24) is 5.32 Å². The van der Waals surface area contributed by atoms with Crippen molar-refractivity contribution in [2.24, 2.45) is 0 Å². The molecule has 0 radical (unpaired) electrons. The third-order valence-electron chi connectivity index (χ3n) is 8.99. The van der Waals surface area contributed by atoms with E-state index >= 15 is 0 Å². The first-order chi connectivity index (χ1) is 29.4. The van der Waals surface area contributed by atoms with Gasteiger partial charge in [0.15, 0.2) is 12.2 Å². The van der Waals surface area contributed by atoms with Gasteiger partial charge in [-0.2, -0.15) is 0 Å². The van der Waals surface area contributed by atoms with E-state index in [1.807, 2.05) is 60.7 Å². The lowest BCUT2D eigenvalue weighted by Gasteiger charge is -2.49. The number of hydrogen-bond acceptors (Lipinski definition) is 17. The number of amides is 1. The van der Waals surface area contributed by atoms with Crippen LogP contribution < -0.4 is 5.32 Å². The molecular weight excluding hydrogens is 885 g/mol. The molecule has 0 aromatic heterocycles. The smallest absolute Gasteiger partial charge is 0.407 e. The third-order valence-corrected chi connectivity index (χ3v) is 9.32. The van der Waals surface area contributed by atoms with Crippen molar-refractivity contribution in [1.29, 1.82) is 0 Å². The minimum absolute atomic E-state index is 0.0274. The molecule has 1 fully saturated rings. The van der Waals surface area contributed by atoms with Crippen LogP contribution in [0.2, 0.25) is 0 Å². The number of hydrogen-bond donors (Lipinski definition) is 1. The predicted octanol–water partition coefficient (Wildman–Crippen LogP) is 4.57. The molecular formula is C41H48Cl3NO17. The van der Waals surface area contributed by atoms with E-state index in [1.54, 1.807) is 0 Å². The number of carbonyl (C=O) groups excluding carboxylic acids is 6. The van der Waals surface area contributed by atoms with Crippen LogP contribution in [0.15, 0.2) is 73.0 Å². The van der Waals surface area contributed by atoms with E-state index in [-0.39, 0.29) is 19.8 Å². The van der Waals surface area contributed by atoms with Crippen molar-refractivity contribution < 1.29 is 80.9 Å². The van der Waals surface area contributed by atoms with Gasteiger partial charge >= 0.3 is 35.9 Å². The Morgan fingerprint density at radius 2 is 1.47 bits per heavy atom. The molecule has 9 atom stereocenters. The van der Waals surface area contributed by atoms with E-state index in [9.17, 15) is 28.8 Å². The first-order valence-electron chi connectivity index (χ1n) is 19.1. The lowest BCUT2D eigenvalue weighted by atomic mass is 9.87. The quantitative estimate of drug-likeness (QED) is 0.116. The fraction of sp³-hybridized carbons (Fsp3) is 0.512. The van der Waals surface area contributed by atoms with Crippen LogP contribution in [-0.2, 0) is 89.3 Å². The fourth-order valence-corrected chi connectivity index (χ4v) is 6.69. The van der Waals surface area contributed by atoms with Crippen LogP contribution >= 0.6 is 34.8 Å². The molecule has 2 aliphatic rings. The fourth-order valence-electron chi connectivity index (χ4n) is 6.53. The number of alkyl carbamates (subject to hydrolysis) is 1.